The van der Waals surface area contributed by atoms with Crippen LogP contribution in [0.1, 0.15) is 52.9 Å². The highest BCUT2D eigenvalue weighted by molar-refractivity contribution is 5.73. The fraction of sp³-hybridized carbons (Fsp3) is 0.917. The Labute approximate surface area is 92.8 Å². The number of hydrogen-bond acceptors (Lipinski definition) is 2. The maximum absolute atomic E-state index is 10.8. The Kier molecular flexibility index (Phi) is 7.39. The first-order valence-electron chi connectivity index (χ1n) is 5.82. The van der Waals surface area contributed by atoms with Gasteiger partial charge in [0.15, 0.2) is 0 Å². The van der Waals surface area contributed by atoms with Crippen LogP contribution in [0.25, 0.3) is 0 Å². The average molecular weight is 216 g/mol. The van der Waals surface area contributed by atoms with Gasteiger partial charge in [-0.05, 0) is 33.6 Å². The molecule has 0 radical (unpaired) electrons. The maximum Gasteiger partial charge on any atom is 0.309 e. The fourth-order valence-electron chi connectivity index (χ4n) is 1.38. The molecule has 0 aliphatic heterocycles. The molecule has 0 spiro atoms. The molecule has 0 aromatic rings. The lowest BCUT2D eigenvalue weighted by atomic mass is 9.87. The summed E-state index contributed by atoms with van der Waals surface area (Å²) in [7, 11) is 0. The summed E-state index contributed by atoms with van der Waals surface area (Å²) >= 11 is 0. The van der Waals surface area contributed by atoms with E-state index in [1.165, 1.54) is 0 Å². The summed E-state index contributed by atoms with van der Waals surface area (Å²) in [6, 6.07) is 0. The van der Waals surface area contributed by atoms with Gasteiger partial charge in [0.1, 0.15) is 0 Å². The van der Waals surface area contributed by atoms with Crippen LogP contribution < -0.4 is 0 Å². The number of aliphatic carboxylic acids is 1. The van der Waals surface area contributed by atoms with Gasteiger partial charge in [0, 0.05) is 13.2 Å². The summed E-state index contributed by atoms with van der Waals surface area (Å²) in [6.45, 7) is 7.19. The molecular weight excluding hydrogens is 192 g/mol. The van der Waals surface area contributed by atoms with Crippen molar-refractivity contribution in [2.24, 2.45) is 5.41 Å². The summed E-state index contributed by atoms with van der Waals surface area (Å²) in [5.41, 5.74) is -0.570. The molecule has 0 saturated carbocycles. The third kappa shape index (κ3) is 7.37. The Balaban J connectivity index is 3.35. The first-order valence-corrected chi connectivity index (χ1v) is 5.82. The minimum Gasteiger partial charge on any atom is -0.481 e. The van der Waals surface area contributed by atoms with Crippen LogP contribution in [0, 0.1) is 5.41 Å². The molecule has 0 fully saturated rings. The van der Waals surface area contributed by atoms with Crippen LogP contribution in [0.15, 0.2) is 0 Å². The second kappa shape index (κ2) is 7.69. The largest absolute Gasteiger partial charge is 0.481 e. The molecule has 1 N–H and O–H groups in total. The number of ether oxygens (including phenoxy) is 1. The third-order valence-corrected chi connectivity index (χ3v) is 2.62. The zero-order valence-corrected chi connectivity index (χ0v) is 10.2. The van der Waals surface area contributed by atoms with E-state index < -0.39 is 11.4 Å². The molecule has 90 valence electrons. The minimum absolute atomic E-state index is 0.570. The van der Waals surface area contributed by atoms with Gasteiger partial charge >= 0.3 is 5.97 Å². The smallest absolute Gasteiger partial charge is 0.309 e. The lowest BCUT2D eigenvalue weighted by molar-refractivity contribution is -0.147. The van der Waals surface area contributed by atoms with Crippen LogP contribution in [0.4, 0.5) is 0 Å². The molecule has 15 heavy (non-hydrogen) atoms. The van der Waals surface area contributed by atoms with Crippen LogP contribution in [0.3, 0.4) is 0 Å². The molecule has 3 heteroatoms. The molecule has 0 unspecified atom stereocenters. The predicted molar refractivity (Wildman–Crippen MR) is 61.0 cm³/mol. The number of hydrogen-bond donors (Lipinski definition) is 1. The summed E-state index contributed by atoms with van der Waals surface area (Å²) in [5.74, 6) is -0.697. The molecule has 0 aromatic heterocycles. The van der Waals surface area contributed by atoms with Crippen molar-refractivity contribution in [3.8, 4) is 0 Å². The van der Waals surface area contributed by atoms with Crippen LogP contribution in [0.5, 0.6) is 0 Å². The van der Waals surface area contributed by atoms with Gasteiger partial charge in [-0.15, -0.1) is 0 Å². The van der Waals surface area contributed by atoms with Crippen molar-refractivity contribution in [2.45, 2.75) is 52.9 Å². The zero-order chi connectivity index (χ0) is 11.7. The minimum atomic E-state index is -0.697. The van der Waals surface area contributed by atoms with Crippen LogP contribution in [-0.4, -0.2) is 24.3 Å². The summed E-state index contributed by atoms with van der Waals surface area (Å²) in [4.78, 5) is 10.8. The Morgan fingerprint density at radius 2 is 1.80 bits per heavy atom. The number of carbonyl (C=O) groups is 1. The standard InChI is InChI=1S/C12H24O3/c1-4-15-10-8-6-5-7-9-12(2,3)11(13)14/h4-10H2,1-3H3,(H,13,14). The molecular formula is C12H24O3. The van der Waals surface area contributed by atoms with Crippen molar-refractivity contribution in [2.75, 3.05) is 13.2 Å². The lowest BCUT2D eigenvalue weighted by Crippen LogP contribution is -2.23. The summed E-state index contributed by atoms with van der Waals surface area (Å²) in [6.07, 6.45) is 5.07. The summed E-state index contributed by atoms with van der Waals surface area (Å²) < 4.78 is 5.23. The van der Waals surface area contributed by atoms with E-state index in [0.717, 1.165) is 45.3 Å². The highest BCUT2D eigenvalue weighted by Crippen LogP contribution is 2.23. The topological polar surface area (TPSA) is 46.5 Å². The van der Waals surface area contributed by atoms with Gasteiger partial charge in [0.05, 0.1) is 5.41 Å². The van der Waals surface area contributed by atoms with E-state index >= 15 is 0 Å². The second-order valence-corrected chi connectivity index (χ2v) is 4.55. The van der Waals surface area contributed by atoms with Crippen molar-refractivity contribution < 1.29 is 14.6 Å². The summed E-state index contributed by atoms with van der Waals surface area (Å²) in [5, 5.41) is 8.89. The fourth-order valence-corrected chi connectivity index (χ4v) is 1.38. The number of carboxylic acid groups (broad SMARTS) is 1. The average Bonchev–Trinajstić information content (AvgIpc) is 2.16. The number of rotatable bonds is 9. The number of carboxylic acids is 1. The van der Waals surface area contributed by atoms with Crippen LogP contribution in [0.2, 0.25) is 0 Å². The third-order valence-electron chi connectivity index (χ3n) is 2.62. The van der Waals surface area contributed by atoms with E-state index in [2.05, 4.69) is 0 Å². The normalized spacial score (nSPS) is 11.7. The first-order chi connectivity index (χ1) is 7.00. The van der Waals surface area contributed by atoms with Gasteiger partial charge < -0.3 is 9.84 Å². The van der Waals surface area contributed by atoms with Crippen LogP contribution in [-0.2, 0) is 9.53 Å². The highest BCUT2D eigenvalue weighted by Gasteiger charge is 2.25. The second-order valence-electron chi connectivity index (χ2n) is 4.55. The maximum atomic E-state index is 10.8. The van der Waals surface area contributed by atoms with Gasteiger partial charge in [0.2, 0.25) is 0 Å². The van der Waals surface area contributed by atoms with Gasteiger partial charge in [-0.1, -0.05) is 19.3 Å². The Hall–Kier alpha value is -0.570. The molecule has 0 aliphatic rings. The van der Waals surface area contributed by atoms with Crippen LogP contribution >= 0.6 is 0 Å². The van der Waals surface area contributed by atoms with Crippen molar-refractivity contribution in [1.29, 1.82) is 0 Å². The molecule has 0 aliphatic carbocycles. The van der Waals surface area contributed by atoms with E-state index in [1.807, 2.05) is 6.92 Å². The Morgan fingerprint density at radius 1 is 1.20 bits per heavy atom. The molecule has 0 amide bonds. The molecule has 0 rings (SSSR count). The molecule has 0 heterocycles. The molecule has 0 saturated heterocycles. The monoisotopic (exact) mass is 216 g/mol. The van der Waals surface area contributed by atoms with Crippen molar-refractivity contribution in [3.63, 3.8) is 0 Å². The van der Waals surface area contributed by atoms with E-state index in [1.54, 1.807) is 13.8 Å². The van der Waals surface area contributed by atoms with Gasteiger partial charge in [-0.3, -0.25) is 4.79 Å². The molecule has 0 bridgehead atoms. The lowest BCUT2D eigenvalue weighted by Gasteiger charge is -2.18. The van der Waals surface area contributed by atoms with Crippen molar-refractivity contribution in [1.82, 2.24) is 0 Å². The Morgan fingerprint density at radius 3 is 2.33 bits per heavy atom. The predicted octanol–water partition coefficient (Wildman–Crippen LogP) is 3.08. The Bertz CT molecular complexity index is 176. The number of unbranched alkanes of at least 4 members (excludes halogenated alkanes) is 3. The highest BCUT2D eigenvalue weighted by atomic mass is 16.5. The van der Waals surface area contributed by atoms with E-state index in [4.69, 9.17) is 9.84 Å². The van der Waals surface area contributed by atoms with E-state index in [9.17, 15) is 4.79 Å². The van der Waals surface area contributed by atoms with Gasteiger partial charge in [0.25, 0.3) is 0 Å². The van der Waals surface area contributed by atoms with Gasteiger partial charge in [-0.2, -0.15) is 0 Å². The molecule has 3 nitrogen and oxygen atoms in total. The SMILES string of the molecule is CCOCCCCCCC(C)(C)C(=O)O. The molecule has 0 atom stereocenters. The quantitative estimate of drug-likeness (QED) is 0.602. The molecule has 0 aromatic carbocycles. The van der Waals surface area contributed by atoms with Crippen molar-refractivity contribution in [3.05, 3.63) is 0 Å². The first kappa shape index (κ1) is 14.4. The van der Waals surface area contributed by atoms with E-state index in [-0.39, 0.29) is 0 Å². The zero-order valence-electron chi connectivity index (χ0n) is 10.2. The van der Waals surface area contributed by atoms with Gasteiger partial charge in [-0.25, -0.2) is 0 Å². The van der Waals surface area contributed by atoms with E-state index in [0.29, 0.717) is 0 Å². The van der Waals surface area contributed by atoms with Crippen molar-refractivity contribution >= 4 is 5.97 Å².